The molecular formula is C43H80N4O3. The van der Waals surface area contributed by atoms with E-state index in [9.17, 15) is 14.4 Å². The fraction of sp³-hybridized carbons (Fsp3) is 0.930. The minimum Gasteiger partial charge on any atom is -0.369 e. The maximum Gasteiger partial charge on any atom is 0.224 e. The van der Waals surface area contributed by atoms with Crippen LogP contribution in [0.5, 0.6) is 0 Å². The molecule has 3 amide bonds. The Balaban J connectivity index is 1.41. The zero-order chi connectivity index (χ0) is 36.3. The lowest BCUT2D eigenvalue weighted by Crippen LogP contribution is -2.70. The van der Waals surface area contributed by atoms with E-state index in [4.69, 9.17) is 17.2 Å². The molecule has 50 heavy (non-hydrogen) atoms. The van der Waals surface area contributed by atoms with Crippen LogP contribution in [-0.2, 0) is 14.4 Å². The monoisotopic (exact) mass is 701 g/mol. The molecule has 290 valence electrons. The zero-order valence-electron chi connectivity index (χ0n) is 32.9. The van der Waals surface area contributed by atoms with E-state index in [2.05, 4.69) is 18.7 Å². The molecule has 0 aromatic carbocycles. The Bertz CT molecular complexity index is 945. The van der Waals surface area contributed by atoms with Crippen molar-refractivity contribution in [3.8, 4) is 0 Å². The lowest BCUT2D eigenvalue weighted by atomic mass is 9.34. The van der Waals surface area contributed by atoms with Crippen LogP contribution in [0.4, 0.5) is 0 Å². The van der Waals surface area contributed by atoms with Gasteiger partial charge in [0.25, 0.3) is 0 Å². The number of nitrogens with zero attached hydrogens (tertiary/aromatic N) is 1. The van der Waals surface area contributed by atoms with Crippen LogP contribution in [0, 0.1) is 28.1 Å². The van der Waals surface area contributed by atoms with Gasteiger partial charge in [-0.3, -0.25) is 14.4 Å². The normalized spacial score (nSPS) is 26.9. The fourth-order valence-electron chi connectivity index (χ4n) is 11.0. The number of carbonyl (C=O) groups excluding carboxylic acids is 3. The van der Waals surface area contributed by atoms with Crippen molar-refractivity contribution in [2.24, 2.45) is 45.3 Å². The summed E-state index contributed by atoms with van der Waals surface area (Å²) in [6.07, 6.45) is 35.5. The number of unbranched alkanes of at least 4 members (excludes halogenated alkanes) is 21. The maximum absolute atomic E-state index is 13.1. The van der Waals surface area contributed by atoms with Crippen LogP contribution < -0.4 is 17.2 Å². The van der Waals surface area contributed by atoms with Crippen LogP contribution in [0.15, 0.2) is 0 Å². The molecule has 2 unspecified atom stereocenters. The van der Waals surface area contributed by atoms with Crippen LogP contribution in [0.3, 0.4) is 0 Å². The van der Waals surface area contributed by atoms with E-state index in [1.807, 2.05) is 0 Å². The Morgan fingerprint density at radius 2 is 0.820 bits per heavy atom. The average molecular weight is 701 g/mol. The highest BCUT2D eigenvalue weighted by Gasteiger charge is 2.73. The largest absolute Gasteiger partial charge is 0.369 e. The third kappa shape index (κ3) is 12.2. The van der Waals surface area contributed by atoms with Gasteiger partial charge in [0.2, 0.25) is 17.7 Å². The zero-order valence-corrected chi connectivity index (χ0v) is 32.9. The number of carbonyl (C=O) groups is 3. The van der Waals surface area contributed by atoms with Crippen molar-refractivity contribution in [2.45, 2.75) is 206 Å². The van der Waals surface area contributed by atoms with Crippen molar-refractivity contribution < 1.29 is 14.4 Å². The fourth-order valence-corrected chi connectivity index (χ4v) is 11.0. The Morgan fingerprint density at radius 1 is 0.480 bits per heavy atom. The molecule has 0 aliphatic heterocycles. The molecule has 4 fully saturated rings. The first-order chi connectivity index (χ1) is 24.2. The Labute approximate surface area is 307 Å². The smallest absolute Gasteiger partial charge is 0.224 e. The van der Waals surface area contributed by atoms with Gasteiger partial charge in [-0.15, -0.1) is 0 Å². The molecule has 4 aliphatic rings. The van der Waals surface area contributed by atoms with Gasteiger partial charge in [-0.05, 0) is 89.3 Å². The molecule has 7 nitrogen and oxygen atoms in total. The van der Waals surface area contributed by atoms with Crippen molar-refractivity contribution >= 4 is 17.7 Å². The number of hydrogen-bond acceptors (Lipinski definition) is 4. The molecule has 0 spiro atoms. The highest BCUT2D eigenvalue weighted by Crippen LogP contribution is 2.73. The molecule has 4 rings (SSSR count). The Morgan fingerprint density at radius 3 is 1.16 bits per heavy atom. The van der Waals surface area contributed by atoms with Crippen LogP contribution >= 0.6 is 0 Å². The van der Waals surface area contributed by atoms with Crippen molar-refractivity contribution in [3.63, 3.8) is 0 Å². The van der Waals surface area contributed by atoms with E-state index in [0.717, 1.165) is 32.2 Å². The summed E-state index contributed by atoms with van der Waals surface area (Å²) < 4.78 is 0. The lowest BCUT2D eigenvalue weighted by molar-refractivity contribution is -0.207. The van der Waals surface area contributed by atoms with E-state index in [0.29, 0.717) is 32.1 Å². The molecule has 0 aromatic heterocycles. The van der Waals surface area contributed by atoms with E-state index in [1.165, 1.54) is 148 Å². The molecule has 4 bridgehead atoms. The molecule has 0 aromatic rings. The highest BCUT2D eigenvalue weighted by atomic mass is 16.2. The van der Waals surface area contributed by atoms with Crippen LogP contribution in [0.1, 0.15) is 206 Å². The molecule has 4 aliphatic carbocycles. The summed E-state index contributed by atoms with van der Waals surface area (Å²) in [4.78, 5) is 41.7. The second-order valence-electron chi connectivity index (χ2n) is 17.5. The number of nitrogens with two attached hydrogens (primary N) is 3. The van der Waals surface area contributed by atoms with Gasteiger partial charge in [0.1, 0.15) is 0 Å². The Hall–Kier alpha value is -1.63. The summed E-state index contributed by atoms with van der Waals surface area (Å²) in [6.45, 7) is 8.19. The van der Waals surface area contributed by atoms with Gasteiger partial charge in [0, 0.05) is 0 Å². The first-order valence-electron chi connectivity index (χ1n) is 21.8. The summed E-state index contributed by atoms with van der Waals surface area (Å²) in [7, 11) is 0. The van der Waals surface area contributed by atoms with Gasteiger partial charge in [-0.1, -0.05) is 149 Å². The molecule has 4 saturated carbocycles. The predicted octanol–water partition coefficient (Wildman–Crippen LogP) is 9.72. The number of primary amides is 3. The van der Waals surface area contributed by atoms with Crippen LogP contribution in [0.25, 0.3) is 0 Å². The molecule has 0 heterocycles. The minimum atomic E-state index is -0.843. The molecule has 2 atom stereocenters. The van der Waals surface area contributed by atoms with Gasteiger partial charge in [-0.25, -0.2) is 0 Å². The van der Waals surface area contributed by atoms with E-state index >= 15 is 0 Å². The van der Waals surface area contributed by atoms with Gasteiger partial charge in [0.05, 0.1) is 16.2 Å². The van der Waals surface area contributed by atoms with Crippen LogP contribution in [-0.4, -0.2) is 42.3 Å². The van der Waals surface area contributed by atoms with E-state index < -0.39 is 22.2 Å². The SMILES string of the molecule is CCCCCCCCCCCCN(CCCCCCCCCCCC)CCCCCCC1C2(C(N)=O)CC3CC(C(N)=O)(C2)CC1(C(N)=O)C3. The van der Waals surface area contributed by atoms with Crippen LogP contribution in [0.2, 0.25) is 0 Å². The van der Waals surface area contributed by atoms with Crippen molar-refractivity contribution in [3.05, 3.63) is 0 Å². The minimum absolute atomic E-state index is 0.110. The van der Waals surface area contributed by atoms with Gasteiger partial charge in [0.15, 0.2) is 0 Å². The predicted molar refractivity (Wildman–Crippen MR) is 208 cm³/mol. The van der Waals surface area contributed by atoms with Gasteiger partial charge < -0.3 is 22.1 Å². The summed E-state index contributed by atoms with van der Waals surface area (Å²) in [5.41, 5.74) is 15.7. The van der Waals surface area contributed by atoms with Gasteiger partial charge in [-0.2, -0.15) is 0 Å². The summed E-state index contributed by atoms with van der Waals surface area (Å²) in [5, 5.41) is 0. The Kier molecular flexibility index (Phi) is 19.2. The topological polar surface area (TPSA) is 133 Å². The first kappa shape index (κ1) is 42.8. The van der Waals surface area contributed by atoms with E-state index in [-0.39, 0.29) is 23.7 Å². The summed E-state index contributed by atoms with van der Waals surface area (Å²) >= 11 is 0. The standard InChI is InChI=1S/C43H80N4O3/c1-3-5-7-9-11-13-15-17-20-24-28-47(29-25-21-18-16-14-12-10-8-6-4-2)30-26-22-19-23-27-37-42(39(45)49)32-36-31-41(34-42,38(44)48)35-43(37,33-36)40(46)50/h36-37H,3-35H2,1-2H3,(H2,44,48)(H2,45,49)(H2,46,50). The second-order valence-corrected chi connectivity index (χ2v) is 17.5. The third-order valence-corrected chi connectivity index (χ3v) is 13.5. The van der Waals surface area contributed by atoms with Crippen molar-refractivity contribution in [1.29, 1.82) is 0 Å². The number of hydrogen-bond donors (Lipinski definition) is 3. The lowest BCUT2D eigenvalue weighted by Gasteiger charge is -2.67. The second kappa shape index (κ2) is 22.4. The highest BCUT2D eigenvalue weighted by molar-refractivity contribution is 5.91. The summed E-state index contributed by atoms with van der Waals surface area (Å²) in [5.74, 6) is -1.19. The number of rotatable bonds is 32. The summed E-state index contributed by atoms with van der Waals surface area (Å²) in [6, 6.07) is 0. The molecule has 6 N–H and O–H groups in total. The van der Waals surface area contributed by atoms with Crippen molar-refractivity contribution in [1.82, 2.24) is 4.90 Å². The molecule has 7 heteroatoms. The quantitative estimate of drug-likeness (QED) is 0.0603. The maximum atomic E-state index is 13.1. The molecular weight excluding hydrogens is 620 g/mol. The van der Waals surface area contributed by atoms with Gasteiger partial charge >= 0.3 is 0 Å². The van der Waals surface area contributed by atoms with Crippen molar-refractivity contribution in [2.75, 3.05) is 19.6 Å². The number of amides is 3. The molecule has 0 radical (unpaired) electrons. The molecule has 0 saturated heterocycles. The van der Waals surface area contributed by atoms with E-state index in [1.54, 1.807) is 0 Å². The first-order valence-corrected chi connectivity index (χ1v) is 21.8. The third-order valence-electron chi connectivity index (χ3n) is 13.5. The average Bonchev–Trinajstić information content (AvgIpc) is 3.08.